The Morgan fingerprint density at radius 3 is 2.73 bits per heavy atom. The summed E-state index contributed by atoms with van der Waals surface area (Å²) in [4.78, 5) is 2.44. The summed E-state index contributed by atoms with van der Waals surface area (Å²) in [5, 5.41) is 9.73. The SMILES string of the molecule is COc1cccc(OC[C@@H]2CCCN(Cc3ccc(O)c(OC)c3)C2)c1. The molecular weight excluding hydrogens is 330 g/mol. The van der Waals surface area contributed by atoms with Crippen LogP contribution in [0.2, 0.25) is 0 Å². The normalized spacial score (nSPS) is 17.7. The molecule has 5 nitrogen and oxygen atoms in total. The third kappa shape index (κ3) is 4.82. The number of rotatable bonds is 7. The summed E-state index contributed by atoms with van der Waals surface area (Å²) >= 11 is 0. The first-order valence-corrected chi connectivity index (χ1v) is 9.03. The first kappa shape index (κ1) is 18.4. The van der Waals surface area contributed by atoms with E-state index in [0.717, 1.165) is 36.7 Å². The topological polar surface area (TPSA) is 51.2 Å². The molecule has 140 valence electrons. The van der Waals surface area contributed by atoms with E-state index in [1.807, 2.05) is 36.4 Å². The minimum Gasteiger partial charge on any atom is -0.504 e. The molecule has 1 N–H and O–H groups in total. The van der Waals surface area contributed by atoms with Crippen molar-refractivity contribution < 1.29 is 19.3 Å². The highest BCUT2D eigenvalue weighted by Crippen LogP contribution is 2.28. The minimum atomic E-state index is 0.180. The summed E-state index contributed by atoms with van der Waals surface area (Å²) in [7, 11) is 3.24. The van der Waals surface area contributed by atoms with Gasteiger partial charge in [-0.25, -0.2) is 0 Å². The van der Waals surface area contributed by atoms with Gasteiger partial charge < -0.3 is 19.3 Å². The molecule has 1 heterocycles. The molecule has 0 aromatic heterocycles. The Kier molecular flexibility index (Phi) is 6.23. The highest BCUT2D eigenvalue weighted by atomic mass is 16.5. The minimum absolute atomic E-state index is 0.180. The van der Waals surface area contributed by atoms with E-state index < -0.39 is 0 Å². The molecule has 0 spiro atoms. The Morgan fingerprint density at radius 1 is 1.08 bits per heavy atom. The van der Waals surface area contributed by atoms with E-state index in [1.165, 1.54) is 12.8 Å². The van der Waals surface area contributed by atoms with Gasteiger partial charge in [-0.15, -0.1) is 0 Å². The summed E-state index contributed by atoms with van der Waals surface area (Å²) in [6.45, 7) is 3.65. The van der Waals surface area contributed by atoms with Gasteiger partial charge in [0.15, 0.2) is 11.5 Å². The Hall–Kier alpha value is -2.40. The molecule has 1 aliphatic heterocycles. The maximum atomic E-state index is 9.73. The smallest absolute Gasteiger partial charge is 0.160 e. The van der Waals surface area contributed by atoms with Crippen molar-refractivity contribution in [2.45, 2.75) is 19.4 Å². The van der Waals surface area contributed by atoms with Gasteiger partial charge in [-0.2, -0.15) is 0 Å². The van der Waals surface area contributed by atoms with Gasteiger partial charge in [0.2, 0.25) is 0 Å². The second-order valence-corrected chi connectivity index (χ2v) is 6.74. The number of aromatic hydroxyl groups is 1. The number of likely N-dealkylation sites (tertiary alicyclic amines) is 1. The number of ether oxygens (including phenoxy) is 3. The molecule has 1 atom stereocenters. The third-order valence-electron chi connectivity index (χ3n) is 4.78. The van der Waals surface area contributed by atoms with Crippen LogP contribution in [-0.4, -0.2) is 43.9 Å². The molecule has 1 fully saturated rings. The zero-order valence-electron chi connectivity index (χ0n) is 15.5. The van der Waals surface area contributed by atoms with Gasteiger partial charge in [0.25, 0.3) is 0 Å². The summed E-state index contributed by atoms with van der Waals surface area (Å²) in [5.41, 5.74) is 1.15. The van der Waals surface area contributed by atoms with Crippen molar-refractivity contribution in [1.29, 1.82) is 0 Å². The summed E-state index contributed by atoms with van der Waals surface area (Å²) in [6, 6.07) is 13.3. The fraction of sp³-hybridized carbons (Fsp3) is 0.429. The molecule has 1 saturated heterocycles. The van der Waals surface area contributed by atoms with Gasteiger partial charge in [0.1, 0.15) is 11.5 Å². The van der Waals surface area contributed by atoms with Gasteiger partial charge in [-0.3, -0.25) is 4.90 Å². The van der Waals surface area contributed by atoms with Crippen LogP contribution >= 0.6 is 0 Å². The van der Waals surface area contributed by atoms with E-state index in [0.29, 0.717) is 18.3 Å². The van der Waals surface area contributed by atoms with Crippen molar-refractivity contribution >= 4 is 0 Å². The maximum absolute atomic E-state index is 9.73. The molecule has 0 saturated carbocycles. The predicted octanol–water partition coefficient (Wildman–Crippen LogP) is 3.70. The molecular formula is C21H27NO4. The van der Waals surface area contributed by atoms with E-state index in [4.69, 9.17) is 14.2 Å². The molecule has 0 radical (unpaired) electrons. The molecule has 0 unspecified atom stereocenters. The van der Waals surface area contributed by atoms with Crippen molar-refractivity contribution in [3.8, 4) is 23.0 Å². The summed E-state index contributed by atoms with van der Waals surface area (Å²) in [6.07, 6.45) is 2.35. The second-order valence-electron chi connectivity index (χ2n) is 6.74. The lowest BCUT2D eigenvalue weighted by molar-refractivity contribution is 0.125. The van der Waals surface area contributed by atoms with E-state index in [2.05, 4.69) is 4.90 Å². The van der Waals surface area contributed by atoms with Crippen LogP contribution in [0.25, 0.3) is 0 Å². The van der Waals surface area contributed by atoms with E-state index in [-0.39, 0.29) is 5.75 Å². The second kappa shape index (κ2) is 8.81. The van der Waals surface area contributed by atoms with Crippen molar-refractivity contribution in [1.82, 2.24) is 4.90 Å². The molecule has 2 aromatic rings. The highest BCUT2D eigenvalue weighted by molar-refractivity contribution is 5.41. The number of phenols is 1. The predicted molar refractivity (Wildman–Crippen MR) is 101 cm³/mol. The molecule has 1 aliphatic rings. The molecule has 0 amide bonds. The van der Waals surface area contributed by atoms with Crippen LogP contribution in [0.1, 0.15) is 18.4 Å². The number of phenolic OH excluding ortho intramolecular Hbond substituents is 1. The Labute approximate surface area is 155 Å². The zero-order valence-corrected chi connectivity index (χ0v) is 15.5. The van der Waals surface area contributed by atoms with Crippen LogP contribution in [0.4, 0.5) is 0 Å². The molecule has 26 heavy (non-hydrogen) atoms. The van der Waals surface area contributed by atoms with Crippen molar-refractivity contribution in [3.63, 3.8) is 0 Å². The molecule has 0 bridgehead atoms. The number of piperidine rings is 1. The molecule has 3 rings (SSSR count). The van der Waals surface area contributed by atoms with Gasteiger partial charge in [-0.1, -0.05) is 12.1 Å². The fourth-order valence-corrected chi connectivity index (χ4v) is 3.41. The largest absolute Gasteiger partial charge is 0.504 e. The number of methoxy groups -OCH3 is 2. The van der Waals surface area contributed by atoms with Crippen LogP contribution in [-0.2, 0) is 6.54 Å². The highest BCUT2D eigenvalue weighted by Gasteiger charge is 2.21. The number of nitrogens with zero attached hydrogens (tertiary/aromatic N) is 1. The van der Waals surface area contributed by atoms with Gasteiger partial charge in [0.05, 0.1) is 20.8 Å². The lowest BCUT2D eigenvalue weighted by Gasteiger charge is -2.32. The fourth-order valence-electron chi connectivity index (χ4n) is 3.41. The standard InChI is InChI=1S/C21H27NO4/c1-24-18-6-3-7-19(12-18)26-15-17-5-4-10-22(14-17)13-16-8-9-20(23)21(11-16)25-2/h3,6-9,11-12,17,23H,4-5,10,13-15H2,1-2H3/t17-/m1/s1. The first-order valence-electron chi connectivity index (χ1n) is 9.03. The van der Waals surface area contributed by atoms with Crippen LogP contribution in [0.3, 0.4) is 0 Å². The van der Waals surface area contributed by atoms with Crippen LogP contribution in [0.15, 0.2) is 42.5 Å². The van der Waals surface area contributed by atoms with Gasteiger partial charge in [-0.05, 0) is 49.2 Å². The molecule has 2 aromatic carbocycles. The third-order valence-corrected chi connectivity index (χ3v) is 4.78. The van der Waals surface area contributed by atoms with Crippen LogP contribution < -0.4 is 14.2 Å². The first-order chi connectivity index (χ1) is 12.7. The van der Waals surface area contributed by atoms with Crippen LogP contribution in [0.5, 0.6) is 23.0 Å². The maximum Gasteiger partial charge on any atom is 0.160 e. The number of hydrogen-bond donors (Lipinski definition) is 1. The molecule has 5 heteroatoms. The molecule has 0 aliphatic carbocycles. The van der Waals surface area contributed by atoms with Crippen molar-refractivity contribution in [2.75, 3.05) is 33.9 Å². The van der Waals surface area contributed by atoms with Crippen molar-refractivity contribution in [3.05, 3.63) is 48.0 Å². The average Bonchev–Trinajstić information content (AvgIpc) is 2.68. The quantitative estimate of drug-likeness (QED) is 0.819. The summed E-state index contributed by atoms with van der Waals surface area (Å²) < 4.78 is 16.4. The monoisotopic (exact) mass is 357 g/mol. The van der Waals surface area contributed by atoms with Gasteiger partial charge >= 0.3 is 0 Å². The average molecular weight is 357 g/mol. The number of benzene rings is 2. The van der Waals surface area contributed by atoms with Crippen LogP contribution in [0, 0.1) is 5.92 Å². The lowest BCUT2D eigenvalue weighted by atomic mass is 9.98. The Balaban J connectivity index is 1.53. The van der Waals surface area contributed by atoms with Crippen molar-refractivity contribution in [2.24, 2.45) is 5.92 Å². The lowest BCUT2D eigenvalue weighted by Crippen LogP contribution is -2.37. The Morgan fingerprint density at radius 2 is 1.92 bits per heavy atom. The van der Waals surface area contributed by atoms with Gasteiger partial charge in [0, 0.05) is 25.1 Å². The van der Waals surface area contributed by atoms with E-state index in [1.54, 1.807) is 20.3 Å². The summed E-state index contributed by atoms with van der Waals surface area (Å²) in [5.74, 6) is 2.88. The van der Waals surface area contributed by atoms with E-state index in [9.17, 15) is 5.11 Å². The Bertz CT molecular complexity index is 719. The number of hydrogen-bond acceptors (Lipinski definition) is 5. The zero-order chi connectivity index (χ0) is 18.4. The van der Waals surface area contributed by atoms with E-state index >= 15 is 0 Å².